The summed E-state index contributed by atoms with van der Waals surface area (Å²) in [5, 5.41) is 0.563. The highest BCUT2D eigenvalue weighted by atomic mass is 35.5. The molecule has 1 aromatic heterocycles. The molecule has 0 aromatic carbocycles. The smallest absolute Gasteiger partial charge is 0.206 e. The quantitative estimate of drug-likeness (QED) is 0.487. The summed E-state index contributed by atoms with van der Waals surface area (Å²) in [5.74, 6) is 0. The third-order valence-corrected chi connectivity index (χ3v) is 1.19. The fourth-order valence-corrected chi connectivity index (χ4v) is 1.06. The molecular formula is C6H7Cl3N2. The van der Waals surface area contributed by atoms with Crippen molar-refractivity contribution in [2.45, 2.75) is 13.8 Å². The van der Waals surface area contributed by atoms with Crippen LogP contribution in [0.5, 0.6) is 0 Å². The normalized spacial score (nSPS) is 8.45. The van der Waals surface area contributed by atoms with Gasteiger partial charge in [0.1, 0.15) is 10.3 Å². The van der Waals surface area contributed by atoms with Crippen molar-refractivity contribution in [2.75, 3.05) is 0 Å². The predicted molar refractivity (Wildman–Crippen MR) is 48.4 cm³/mol. The van der Waals surface area contributed by atoms with Crippen LogP contribution in [-0.4, -0.2) is 9.97 Å². The lowest BCUT2D eigenvalue weighted by molar-refractivity contribution is 1.17. The van der Waals surface area contributed by atoms with Gasteiger partial charge in [0.05, 0.1) is 0 Å². The van der Waals surface area contributed by atoms with Crippen LogP contribution in [0.2, 0.25) is 15.6 Å². The fourth-order valence-electron chi connectivity index (χ4n) is 0.364. The molecule has 2 nitrogen and oxygen atoms in total. The summed E-state index contributed by atoms with van der Waals surface area (Å²) in [6.07, 6.45) is 0. The minimum absolute atomic E-state index is 0.0625. The third kappa shape index (κ3) is 4.40. The highest BCUT2D eigenvalue weighted by Gasteiger charge is 1.95. The first-order chi connectivity index (χ1) is 5.18. The lowest BCUT2D eigenvalue weighted by Gasteiger charge is -1.89. The van der Waals surface area contributed by atoms with E-state index in [1.54, 1.807) is 0 Å². The molecule has 0 N–H and O–H groups in total. The van der Waals surface area contributed by atoms with Crippen molar-refractivity contribution in [3.63, 3.8) is 0 Å². The first-order valence-electron chi connectivity index (χ1n) is 3.04. The maximum absolute atomic E-state index is 5.43. The first kappa shape index (κ1) is 11.0. The van der Waals surface area contributed by atoms with Gasteiger partial charge in [0, 0.05) is 6.07 Å². The topological polar surface area (TPSA) is 25.8 Å². The molecule has 0 spiro atoms. The van der Waals surface area contributed by atoms with Crippen LogP contribution in [0.25, 0.3) is 0 Å². The summed E-state index contributed by atoms with van der Waals surface area (Å²) in [6, 6.07) is 1.41. The van der Waals surface area contributed by atoms with Crippen LogP contribution in [0.1, 0.15) is 13.8 Å². The highest BCUT2D eigenvalue weighted by Crippen LogP contribution is 2.13. The SMILES string of the molecule is CC.Clc1cc(Cl)nc(Cl)n1. The van der Waals surface area contributed by atoms with Crippen molar-refractivity contribution in [1.29, 1.82) is 0 Å². The van der Waals surface area contributed by atoms with E-state index in [0.717, 1.165) is 0 Å². The van der Waals surface area contributed by atoms with E-state index in [2.05, 4.69) is 9.97 Å². The van der Waals surface area contributed by atoms with E-state index in [0.29, 0.717) is 0 Å². The zero-order chi connectivity index (χ0) is 8.85. The van der Waals surface area contributed by atoms with Gasteiger partial charge < -0.3 is 0 Å². The van der Waals surface area contributed by atoms with Crippen molar-refractivity contribution in [3.8, 4) is 0 Å². The molecule has 0 fully saturated rings. The molecule has 1 aromatic rings. The molecule has 0 bridgehead atoms. The Bertz CT molecular complexity index is 177. The van der Waals surface area contributed by atoms with Crippen LogP contribution < -0.4 is 0 Å². The first-order valence-corrected chi connectivity index (χ1v) is 4.17. The molecule has 1 heterocycles. The minimum Gasteiger partial charge on any atom is -0.206 e. The average Bonchev–Trinajstić information content (AvgIpc) is 1.88. The molecule has 0 aliphatic carbocycles. The van der Waals surface area contributed by atoms with Gasteiger partial charge in [-0.15, -0.1) is 0 Å². The number of halogens is 3. The van der Waals surface area contributed by atoms with Crippen LogP contribution >= 0.6 is 34.8 Å². The van der Waals surface area contributed by atoms with Crippen LogP contribution in [0.3, 0.4) is 0 Å². The Kier molecular flexibility index (Phi) is 5.56. The summed E-state index contributed by atoms with van der Waals surface area (Å²) in [4.78, 5) is 7.14. The van der Waals surface area contributed by atoms with Crippen molar-refractivity contribution in [1.82, 2.24) is 9.97 Å². The average molecular weight is 213 g/mol. The number of hydrogen-bond donors (Lipinski definition) is 0. The Labute approximate surface area is 80.5 Å². The molecule has 0 atom stereocenters. The van der Waals surface area contributed by atoms with Crippen LogP contribution in [0.4, 0.5) is 0 Å². The van der Waals surface area contributed by atoms with E-state index in [4.69, 9.17) is 34.8 Å². The largest absolute Gasteiger partial charge is 0.225 e. The highest BCUT2D eigenvalue weighted by molar-refractivity contribution is 6.35. The standard InChI is InChI=1S/C4HCl3N2.C2H6/c5-2-1-3(6)9-4(7)8-2;1-2/h1H;1-2H3. The van der Waals surface area contributed by atoms with Crippen molar-refractivity contribution < 1.29 is 0 Å². The second-order valence-electron chi connectivity index (χ2n) is 1.28. The lowest BCUT2D eigenvalue weighted by Crippen LogP contribution is -1.81. The fraction of sp³-hybridized carbons (Fsp3) is 0.333. The van der Waals surface area contributed by atoms with E-state index >= 15 is 0 Å². The van der Waals surface area contributed by atoms with Gasteiger partial charge >= 0.3 is 0 Å². The maximum Gasteiger partial charge on any atom is 0.225 e. The molecule has 1 rings (SSSR count). The monoisotopic (exact) mass is 212 g/mol. The number of nitrogens with zero attached hydrogens (tertiary/aromatic N) is 2. The molecule has 0 aliphatic rings. The van der Waals surface area contributed by atoms with E-state index in [9.17, 15) is 0 Å². The van der Waals surface area contributed by atoms with Gasteiger partial charge in [0.15, 0.2) is 0 Å². The zero-order valence-corrected chi connectivity index (χ0v) is 8.37. The van der Waals surface area contributed by atoms with E-state index in [1.165, 1.54) is 6.07 Å². The van der Waals surface area contributed by atoms with Gasteiger partial charge in [-0.1, -0.05) is 37.0 Å². The molecule has 0 radical (unpaired) electrons. The number of rotatable bonds is 0. The lowest BCUT2D eigenvalue weighted by atomic mass is 10.7. The minimum atomic E-state index is 0.0625. The summed E-state index contributed by atoms with van der Waals surface area (Å²) in [6.45, 7) is 4.00. The zero-order valence-electron chi connectivity index (χ0n) is 6.11. The Hall–Kier alpha value is -0.0500. The van der Waals surface area contributed by atoms with Crippen molar-refractivity contribution in [3.05, 3.63) is 21.7 Å². The molecule has 0 amide bonds. The van der Waals surface area contributed by atoms with Gasteiger partial charge in [0.2, 0.25) is 5.28 Å². The second-order valence-corrected chi connectivity index (χ2v) is 2.39. The van der Waals surface area contributed by atoms with Crippen LogP contribution in [0, 0.1) is 0 Å². The molecule has 11 heavy (non-hydrogen) atoms. The van der Waals surface area contributed by atoms with Crippen LogP contribution in [0.15, 0.2) is 6.07 Å². The third-order valence-electron chi connectivity index (χ3n) is 0.636. The Morgan fingerprint density at radius 3 is 1.64 bits per heavy atom. The van der Waals surface area contributed by atoms with Gasteiger partial charge in [-0.25, -0.2) is 9.97 Å². The molecule has 5 heteroatoms. The molecular weight excluding hydrogens is 206 g/mol. The summed E-state index contributed by atoms with van der Waals surface area (Å²) < 4.78 is 0. The molecule has 0 saturated heterocycles. The van der Waals surface area contributed by atoms with Crippen LogP contribution in [-0.2, 0) is 0 Å². The molecule has 0 saturated carbocycles. The van der Waals surface area contributed by atoms with E-state index < -0.39 is 0 Å². The summed E-state index contributed by atoms with van der Waals surface area (Å²) in [5.41, 5.74) is 0. The van der Waals surface area contributed by atoms with Gasteiger partial charge in [-0.05, 0) is 11.6 Å². The van der Waals surface area contributed by atoms with E-state index in [1.807, 2.05) is 13.8 Å². The summed E-state index contributed by atoms with van der Waals surface area (Å²) >= 11 is 16.2. The van der Waals surface area contributed by atoms with Gasteiger partial charge in [-0.2, -0.15) is 0 Å². The van der Waals surface area contributed by atoms with E-state index in [-0.39, 0.29) is 15.6 Å². The van der Waals surface area contributed by atoms with Crippen molar-refractivity contribution >= 4 is 34.8 Å². The molecule has 62 valence electrons. The van der Waals surface area contributed by atoms with Gasteiger partial charge in [0.25, 0.3) is 0 Å². The number of hydrogen-bond acceptors (Lipinski definition) is 2. The maximum atomic E-state index is 5.43. The Morgan fingerprint density at radius 2 is 1.36 bits per heavy atom. The number of aromatic nitrogens is 2. The van der Waals surface area contributed by atoms with Crippen molar-refractivity contribution in [2.24, 2.45) is 0 Å². The summed E-state index contributed by atoms with van der Waals surface area (Å²) in [7, 11) is 0. The second kappa shape index (κ2) is 5.58. The molecule has 0 unspecified atom stereocenters. The van der Waals surface area contributed by atoms with Gasteiger partial charge in [-0.3, -0.25) is 0 Å². The molecule has 0 aliphatic heterocycles. The predicted octanol–water partition coefficient (Wildman–Crippen LogP) is 3.46. The Balaban J connectivity index is 0.000000461. The Morgan fingerprint density at radius 1 is 1.00 bits per heavy atom.